The van der Waals surface area contributed by atoms with Crippen LogP contribution in [0, 0.1) is 0 Å². The summed E-state index contributed by atoms with van der Waals surface area (Å²) in [6.45, 7) is 3.73. The van der Waals surface area contributed by atoms with E-state index in [-0.39, 0.29) is 22.2 Å². The number of carbonyl (C=O) groups excluding carboxylic acids is 1. The number of hydrogen-bond donors (Lipinski definition) is 1. The molecule has 1 amide bonds. The molecule has 3 aromatic rings. The standard InChI is InChI=1S/C21H21ClN2O6S/c1-3-24(4-2)31(27,28)19-11-15(7-9-17(19)22)23-20(25)13-29-16-8-5-14-6-10-21(26)30-18(14)12-16/h5-12H,3-4,13H2,1-2H3,(H,23,25). The minimum atomic E-state index is -3.79. The van der Waals surface area contributed by atoms with Crippen LogP contribution in [0.15, 0.2) is 62.6 Å². The molecule has 0 radical (unpaired) electrons. The Hall–Kier alpha value is -2.88. The summed E-state index contributed by atoms with van der Waals surface area (Å²) in [6.07, 6.45) is 0. The van der Waals surface area contributed by atoms with Gasteiger partial charge in [-0.3, -0.25) is 4.79 Å². The molecule has 0 aliphatic heterocycles. The Labute approximate surface area is 184 Å². The first-order valence-corrected chi connectivity index (χ1v) is 11.3. The van der Waals surface area contributed by atoms with E-state index in [1.165, 1.54) is 34.6 Å². The molecule has 0 unspecified atom stereocenters. The fourth-order valence-corrected chi connectivity index (χ4v) is 4.92. The van der Waals surface area contributed by atoms with Gasteiger partial charge in [0.05, 0.1) is 5.02 Å². The molecule has 0 atom stereocenters. The number of benzene rings is 2. The second-order valence-electron chi connectivity index (χ2n) is 6.53. The molecule has 1 heterocycles. The van der Waals surface area contributed by atoms with E-state index < -0.39 is 21.6 Å². The van der Waals surface area contributed by atoms with Gasteiger partial charge in [-0.2, -0.15) is 4.31 Å². The van der Waals surface area contributed by atoms with Gasteiger partial charge in [-0.05, 0) is 36.4 Å². The Balaban J connectivity index is 1.71. The largest absolute Gasteiger partial charge is 0.484 e. The van der Waals surface area contributed by atoms with Crippen molar-refractivity contribution in [2.24, 2.45) is 0 Å². The van der Waals surface area contributed by atoms with Crippen LogP contribution in [-0.2, 0) is 14.8 Å². The molecular formula is C21H21ClN2O6S. The van der Waals surface area contributed by atoms with Crippen LogP contribution in [0.2, 0.25) is 5.02 Å². The molecular weight excluding hydrogens is 444 g/mol. The Morgan fingerprint density at radius 1 is 1.10 bits per heavy atom. The first-order chi connectivity index (χ1) is 14.7. The lowest BCUT2D eigenvalue weighted by Gasteiger charge is -2.19. The van der Waals surface area contributed by atoms with Crippen LogP contribution in [0.4, 0.5) is 5.69 Å². The van der Waals surface area contributed by atoms with E-state index >= 15 is 0 Å². The van der Waals surface area contributed by atoms with Gasteiger partial charge in [0.2, 0.25) is 10.0 Å². The smallest absolute Gasteiger partial charge is 0.336 e. The Morgan fingerprint density at radius 3 is 2.52 bits per heavy atom. The van der Waals surface area contributed by atoms with E-state index in [4.69, 9.17) is 20.8 Å². The first-order valence-electron chi connectivity index (χ1n) is 9.51. The quantitative estimate of drug-likeness (QED) is 0.511. The molecule has 1 N–H and O–H groups in total. The molecule has 0 spiro atoms. The summed E-state index contributed by atoms with van der Waals surface area (Å²) < 4.78 is 37.4. The second-order valence-corrected chi connectivity index (χ2v) is 8.84. The van der Waals surface area contributed by atoms with Crippen LogP contribution in [0.1, 0.15) is 13.8 Å². The average Bonchev–Trinajstić information content (AvgIpc) is 2.73. The van der Waals surface area contributed by atoms with Crippen molar-refractivity contribution >= 4 is 44.2 Å². The Bertz CT molecular complexity index is 1270. The van der Waals surface area contributed by atoms with E-state index in [9.17, 15) is 18.0 Å². The molecule has 0 fully saturated rings. The van der Waals surface area contributed by atoms with Gasteiger partial charge in [0.15, 0.2) is 6.61 Å². The third-order valence-electron chi connectivity index (χ3n) is 4.50. The lowest BCUT2D eigenvalue weighted by molar-refractivity contribution is -0.118. The topological polar surface area (TPSA) is 106 Å². The number of anilines is 1. The highest BCUT2D eigenvalue weighted by atomic mass is 35.5. The summed E-state index contributed by atoms with van der Waals surface area (Å²) in [5, 5.41) is 3.38. The summed E-state index contributed by atoms with van der Waals surface area (Å²) in [7, 11) is -3.79. The number of nitrogens with one attached hydrogen (secondary N) is 1. The molecule has 1 aromatic heterocycles. The number of halogens is 1. The summed E-state index contributed by atoms with van der Waals surface area (Å²) >= 11 is 6.10. The Morgan fingerprint density at radius 2 is 1.81 bits per heavy atom. The number of amides is 1. The van der Waals surface area contributed by atoms with Gasteiger partial charge >= 0.3 is 5.63 Å². The van der Waals surface area contributed by atoms with Crippen LogP contribution >= 0.6 is 11.6 Å². The molecule has 0 aliphatic rings. The summed E-state index contributed by atoms with van der Waals surface area (Å²) in [6, 6.07) is 12.0. The van der Waals surface area contributed by atoms with Crippen molar-refractivity contribution in [1.82, 2.24) is 4.31 Å². The monoisotopic (exact) mass is 464 g/mol. The summed E-state index contributed by atoms with van der Waals surface area (Å²) in [5.41, 5.74) is 0.128. The molecule has 0 saturated carbocycles. The van der Waals surface area contributed by atoms with E-state index in [1.807, 2.05) is 0 Å². The fraction of sp³-hybridized carbons (Fsp3) is 0.238. The van der Waals surface area contributed by atoms with Crippen LogP contribution in [0.5, 0.6) is 5.75 Å². The SMILES string of the molecule is CCN(CC)S(=O)(=O)c1cc(NC(=O)COc2ccc3ccc(=O)oc3c2)ccc1Cl. The van der Waals surface area contributed by atoms with Gasteiger partial charge in [0, 0.05) is 36.3 Å². The summed E-state index contributed by atoms with van der Waals surface area (Å²) in [5.74, 6) is -0.152. The summed E-state index contributed by atoms with van der Waals surface area (Å²) in [4.78, 5) is 23.6. The fourth-order valence-electron chi connectivity index (χ4n) is 2.96. The minimum Gasteiger partial charge on any atom is -0.484 e. The van der Waals surface area contributed by atoms with Crippen molar-refractivity contribution in [3.63, 3.8) is 0 Å². The molecule has 164 valence electrons. The molecule has 8 nitrogen and oxygen atoms in total. The normalized spacial score (nSPS) is 11.6. The zero-order chi connectivity index (χ0) is 22.6. The predicted molar refractivity (Wildman–Crippen MR) is 118 cm³/mol. The third kappa shape index (κ3) is 5.25. The number of rotatable bonds is 8. The minimum absolute atomic E-state index is 0.0683. The number of ether oxygens (including phenoxy) is 1. The number of fused-ring (bicyclic) bond motifs is 1. The van der Waals surface area contributed by atoms with Crippen molar-refractivity contribution in [1.29, 1.82) is 0 Å². The van der Waals surface area contributed by atoms with Crippen LogP contribution in [0.3, 0.4) is 0 Å². The zero-order valence-corrected chi connectivity index (χ0v) is 18.5. The number of carbonyl (C=O) groups is 1. The maximum atomic E-state index is 12.8. The molecule has 31 heavy (non-hydrogen) atoms. The van der Waals surface area contributed by atoms with Gasteiger partial charge in [0.1, 0.15) is 16.2 Å². The molecule has 10 heteroatoms. The first kappa shape index (κ1) is 22.8. The lowest BCUT2D eigenvalue weighted by Crippen LogP contribution is -2.31. The van der Waals surface area contributed by atoms with Crippen molar-refractivity contribution in [2.45, 2.75) is 18.7 Å². The number of hydrogen-bond acceptors (Lipinski definition) is 6. The van der Waals surface area contributed by atoms with E-state index in [2.05, 4.69) is 5.32 Å². The van der Waals surface area contributed by atoms with Gasteiger partial charge in [-0.1, -0.05) is 25.4 Å². The van der Waals surface area contributed by atoms with Crippen LogP contribution in [0.25, 0.3) is 11.0 Å². The maximum Gasteiger partial charge on any atom is 0.336 e. The van der Waals surface area contributed by atoms with Crippen molar-refractivity contribution in [3.05, 3.63) is 64.0 Å². The van der Waals surface area contributed by atoms with Crippen LogP contribution < -0.4 is 15.7 Å². The molecule has 2 aromatic carbocycles. The number of nitrogens with zero attached hydrogens (tertiary/aromatic N) is 1. The third-order valence-corrected chi connectivity index (χ3v) is 7.03. The molecule has 0 bridgehead atoms. The predicted octanol–water partition coefficient (Wildman–Crippen LogP) is 3.49. The van der Waals surface area contributed by atoms with Gasteiger partial charge in [-0.25, -0.2) is 13.2 Å². The number of sulfonamides is 1. The van der Waals surface area contributed by atoms with Crippen molar-refractivity contribution in [3.8, 4) is 5.75 Å². The van der Waals surface area contributed by atoms with Crippen molar-refractivity contribution in [2.75, 3.05) is 25.0 Å². The highest BCUT2D eigenvalue weighted by Gasteiger charge is 2.25. The molecule has 0 saturated heterocycles. The van der Waals surface area contributed by atoms with Crippen LogP contribution in [-0.4, -0.2) is 38.3 Å². The maximum absolute atomic E-state index is 12.8. The van der Waals surface area contributed by atoms with E-state index in [1.54, 1.807) is 32.0 Å². The Kier molecular flexibility index (Phi) is 6.99. The average molecular weight is 465 g/mol. The van der Waals surface area contributed by atoms with Gasteiger partial charge < -0.3 is 14.5 Å². The lowest BCUT2D eigenvalue weighted by atomic mass is 10.2. The highest BCUT2D eigenvalue weighted by molar-refractivity contribution is 7.89. The van der Waals surface area contributed by atoms with Gasteiger partial charge in [-0.15, -0.1) is 0 Å². The molecule has 0 aliphatic carbocycles. The second kappa shape index (κ2) is 9.51. The van der Waals surface area contributed by atoms with E-state index in [0.29, 0.717) is 24.4 Å². The van der Waals surface area contributed by atoms with Crippen molar-refractivity contribution < 1.29 is 22.4 Å². The molecule has 3 rings (SSSR count). The van der Waals surface area contributed by atoms with E-state index in [0.717, 1.165) is 5.39 Å². The highest BCUT2D eigenvalue weighted by Crippen LogP contribution is 2.28. The zero-order valence-electron chi connectivity index (χ0n) is 16.9. The van der Waals surface area contributed by atoms with Gasteiger partial charge in [0.25, 0.3) is 5.91 Å².